The molecular weight excluding hydrogens is 260 g/mol. The highest BCUT2D eigenvalue weighted by Crippen LogP contribution is 2.16. The number of ether oxygens (including phenoxy) is 2. The molecule has 0 aliphatic carbocycles. The molecule has 2 heteroatoms. The molecule has 0 heterocycles. The summed E-state index contributed by atoms with van der Waals surface area (Å²) in [6.07, 6.45) is 1.82. The Bertz CT molecular complexity index is 572. The van der Waals surface area contributed by atoms with Crippen LogP contribution in [0.2, 0.25) is 0 Å². The van der Waals surface area contributed by atoms with Crippen LogP contribution in [0.25, 0.3) is 6.08 Å². The second-order valence-corrected chi connectivity index (χ2v) is 5.32. The van der Waals surface area contributed by atoms with Gasteiger partial charge in [0, 0.05) is 5.92 Å². The lowest BCUT2D eigenvalue weighted by atomic mass is 10.2. The minimum atomic E-state index is 0.318. The normalized spacial score (nSPS) is 11.7. The molecule has 0 spiro atoms. The summed E-state index contributed by atoms with van der Waals surface area (Å²) in [4.78, 5) is 0. The van der Waals surface area contributed by atoms with Crippen LogP contribution in [-0.4, -0.2) is 13.2 Å². The second-order valence-electron chi connectivity index (χ2n) is 5.32. The molecule has 0 aliphatic rings. The first kappa shape index (κ1) is 15.2. The van der Waals surface area contributed by atoms with Crippen molar-refractivity contribution in [2.75, 3.05) is 13.2 Å². The maximum Gasteiger partial charge on any atom is 0.119 e. The zero-order chi connectivity index (χ0) is 15.1. The molecule has 0 aliphatic heterocycles. The van der Waals surface area contributed by atoms with Crippen molar-refractivity contribution in [1.82, 2.24) is 0 Å². The molecule has 0 bridgehead atoms. The maximum absolute atomic E-state index is 5.79. The zero-order valence-corrected chi connectivity index (χ0v) is 12.7. The van der Waals surface area contributed by atoms with Crippen molar-refractivity contribution in [3.05, 3.63) is 66.2 Å². The van der Waals surface area contributed by atoms with Gasteiger partial charge in [-0.05, 0) is 36.8 Å². The fraction of sp³-hybridized carbons (Fsp3) is 0.263. The summed E-state index contributed by atoms with van der Waals surface area (Å²) >= 11 is 0. The Morgan fingerprint density at radius 1 is 1.00 bits per heavy atom. The van der Waals surface area contributed by atoms with Crippen molar-refractivity contribution in [3.8, 4) is 11.5 Å². The van der Waals surface area contributed by atoms with Crippen LogP contribution in [0.5, 0.6) is 11.5 Å². The van der Waals surface area contributed by atoms with Gasteiger partial charge in [0.05, 0.1) is 13.2 Å². The highest BCUT2D eigenvalue weighted by molar-refractivity contribution is 5.49. The number of hydrogen-bond donors (Lipinski definition) is 0. The SMILES string of the molecule is C=Cc1cccc(OCC(C)COc2ccc(C)cc2)c1. The average molecular weight is 282 g/mol. The number of hydrogen-bond acceptors (Lipinski definition) is 2. The van der Waals surface area contributed by atoms with E-state index in [1.54, 1.807) is 0 Å². The summed E-state index contributed by atoms with van der Waals surface area (Å²) < 4.78 is 11.5. The van der Waals surface area contributed by atoms with Crippen LogP contribution in [0.3, 0.4) is 0 Å². The second kappa shape index (κ2) is 7.53. The first-order valence-electron chi connectivity index (χ1n) is 7.22. The van der Waals surface area contributed by atoms with Gasteiger partial charge in [-0.25, -0.2) is 0 Å². The smallest absolute Gasteiger partial charge is 0.119 e. The Hall–Kier alpha value is -2.22. The van der Waals surface area contributed by atoms with Crippen LogP contribution < -0.4 is 9.47 Å². The van der Waals surface area contributed by atoms with Gasteiger partial charge in [0.1, 0.15) is 11.5 Å². The Morgan fingerprint density at radius 3 is 2.33 bits per heavy atom. The van der Waals surface area contributed by atoms with Gasteiger partial charge in [0.2, 0.25) is 0 Å². The van der Waals surface area contributed by atoms with Gasteiger partial charge in [-0.2, -0.15) is 0 Å². The Labute approximate surface area is 127 Å². The van der Waals surface area contributed by atoms with Crippen molar-refractivity contribution in [2.24, 2.45) is 5.92 Å². The molecule has 2 aromatic rings. The van der Waals surface area contributed by atoms with Gasteiger partial charge in [0.15, 0.2) is 0 Å². The van der Waals surface area contributed by atoms with Crippen LogP contribution in [0.15, 0.2) is 55.1 Å². The van der Waals surface area contributed by atoms with E-state index in [0.29, 0.717) is 19.1 Å². The third-order valence-electron chi connectivity index (χ3n) is 3.18. The van der Waals surface area contributed by atoms with Crippen molar-refractivity contribution in [2.45, 2.75) is 13.8 Å². The van der Waals surface area contributed by atoms with Gasteiger partial charge < -0.3 is 9.47 Å². The van der Waals surface area contributed by atoms with Gasteiger partial charge in [-0.1, -0.05) is 49.4 Å². The third-order valence-corrected chi connectivity index (χ3v) is 3.18. The van der Waals surface area contributed by atoms with E-state index in [0.717, 1.165) is 17.1 Å². The molecule has 1 unspecified atom stereocenters. The Morgan fingerprint density at radius 2 is 1.67 bits per heavy atom. The predicted molar refractivity (Wildman–Crippen MR) is 87.9 cm³/mol. The fourth-order valence-corrected chi connectivity index (χ4v) is 1.89. The lowest BCUT2D eigenvalue weighted by Crippen LogP contribution is -2.16. The highest BCUT2D eigenvalue weighted by atomic mass is 16.5. The van der Waals surface area contributed by atoms with Gasteiger partial charge >= 0.3 is 0 Å². The van der Waals surface area contributed by atoms with Crippen molar-refractivity contribution >= 4 is 6.08 Å². The molecule has 2 rings (SSSR count). The van der Waals surface area contributed by atoms with E-state index in [1.165, 1.54) is 5.56 Å². The maximum atomic E-state index is 5.79. The summed E-state index contributed by atoms with van der Waals surface area (Å²) in [6, 6.07) is 16.0. The van der Waals surface area contributed by atoms with E-state index in [4.69, 9.17) is 9.47 Å². The largest absolute Gasteiger partial charge is 0.493 e. The van der Waals surface area contributed by atoms with Gasteiger partial charge in [0.25, 0.3) is 0 Å². The van der Waals surface area contributed by atoms with Crippen molar-refractivity contribution in [3.63, 3.8) is 0 Å². The summed E-state index contributed by atoms with van der Waals surface area (Å²) in [5, 5.41) is 0. The highest BCUT2D eigenvalue weighted by Gasteiger charge is 2.05. The summed E-state index contributed by atoms with van der Waals surface area (Å²) in [6.45, 7) is 9.22. The monoisotopic (exact) mass is 282 g/mol. The van der Waals surface area contributed by atoms with Gasteiger partial charge in [-0.15, -0.1) is 0 Å². The topological polar surface area (TPSA) is 18.5 Å². The average Bonchev–Trinajstić information content (AvgIpc) is 2.52. The van der Waals surface area contributed by atoms with Crippen molar-refractivity contribution in [1.29, 1.82) is 0 Å². The van der Waals surface area contributed by atoms with E-state index in [-0.39, 0.29) is 0 Å². The standard InChI is InChI=1S/C19H22O2/c1-4-17-6-5-7-19(12-17)21-14-16(3)13-20-18-10-8-15(2)9-11-18/h4-12,16H,1,13-14H2,2-3H3. The molecule has 1 atom stereocenters. The Kier molecular flexibility index (Phi) is 5.44. The molecular formula is C19H22O2. The van der Waals surface area contributed by atoms with Crippen molar-refractivity contribution < 1.29 is 9.47 Å². The van der Waals surface area contributed by atoms with E-state index in [9.17, 15) is 0 Å². The molecule has 110 valence electrons. The summed E-state index contributed by atoms with van der Waals surface area (Å²) in [5.41, 5.74) is 2.30. The van der Waals surface area contributed by atoms with Crippen LogP contribution in [0.1, 0.15) is 18.1 Å². The predicted octanol–water partition coefficient (Wildman–Crippen LogP) is 4.73. The molecule has 0 saturated carbocycles. The first-order chi connectivity index (χ1) is 10.2. The lowest BCUT2D eigenvalue weighted by Gasteiger charge is -2.14. The summed E-state index contributed by atoms with van der Waals surface area (Å²) in [7, 11) is 0. The van der Waals surface area contributed by atoms with Crippen LogP contribution in [0, 0.1) is 12.8 Å². The van der Waals surface area contributed by atoms with E-state index >= 15 is 0 Å². The summed E-state index contributed by atoms with van der Waals surface area (Å²) in [5.74, 6) is 2.09. The Balaban J connectivity index is 1.77. The molecule has 21 heavy (non-hydrogen) atoms. The number of rotatable bonds is 7. The first-order valence-corrected chi connectivity index (χ1v) is 7.22. The van der Waals surface area contributed by atoms with E-state index in [2.05, 4.69) is 32.6 Å². The third kappa shape index (κ3) is 4.99. The number of benzene rings is 2. The molecule has 2 nitrogen and oxygen atoms in total. The molecule has 0 aromatic heterocycles. The molecule has 0 N–H and O–H groups in total. The quantitative estimate of drug-likeness (QED) is 0.730. The van der Waals surface area contributed by atoms with E-state index in [1.807, 2.05) is 42.5 Å². The molecule has 0 radical (unpaired) electrons. The zero-order valence-electron chi connectivity index (χ0n) is 12.7. The van der Waals surface area contributed by atoms with Crippen LogP contribution in [-0.2, 0) is 0 Å². The minimum Gasteiger partial charge on any atom is -0.493 e. The number of aryl methyl sites for hydroxylation is 1. The molecule has 0 amide bonds. The fourth-order valence-electron chi connectivity index (χ4n) is 1.89. The molecule has 2 aromatic carbocycles. The molecule has 0 fully saturated rings. The minimum absolute atomic E-state index is 0.318. The van der Waals surface area contributed by atoms with E-state index < -0.39 is 0 Å². The molecule has 0 saturated heterocycles. The lowest BCUT2D eigenvalue weighted by molar-refractivity contribution is 0.188. The van der Waals surface area contributed by atoms with Gasteiger partial charge in [-0.3, -0.25) is 0 Å². The van der Waals surface area contributed by atoms with Crippen LogP contribution >= 0.6 is 0 Å². The van der Waals surface area contributed by atoms with Crippen LogP contribution in [0.4, 0.5) is 0 Å².